The SMILES string of the molecule is CC(C)(C)CC(=O)C(C#N)c1cccc(Br)c1. The van der Waals surface area contributed by atoms with Gasteiger partial charge in [-0.25, -0.2) is 0 Å². The summed E-state index contributed by atoms with van der Waals surface area (Å²) in [5.41, 5.74) is 0.675. The van der Waals surface area contributed by atoms with Gasteiger partial charge in [0, 0.05) is 10.9 Å². The molecule has 0 spiro atoms. The van der Waals surface area contributed by atoms with E-state index in [2.05, 4.69) is 22.0 Å². The van der Waals surface area contributed by atoms with Crippen LogP contribution < -0.4 is 0 Å². The van der Waals surface area contributed by atoms with E-state index in [-0.39, 0.29) is 11.2 Å². The van der Waals surface area contributed by atoms with Gasteiger partial charge in [0.1, 0.15) is 5.92 Å². The Morgan fingerprint density at radius 3 is 2.59 bits per heavy atom. The number of hydrogen-bond acceptors (Lipinski definition) is 2. The summed E-state index contributed by atoms with van der Waals surface area (Å²) in [4.78, 5) is 12.1. The molecule has 0 bridgehead atoms. The summed E-state index contributed by atoms with van der Waals surface area (Å²) in [7, 11) is 0. The van der Waals surface area contributed by atoms with Crippen molar-refractivity contribution in [3.05, 3.63) is 34.3 Å². The molecule has 0 radical (unpaired) electrons. The molecule has 3 heteroatoms. The van der Waals surface area contributed by atoms with E-state index in [0.717, 1.165) is 10.0 Å². The molecule has 1 atom stereocenters. The van der Waals surface area contributed by atoms with Crippen molar-refractivity contribution in [1.82, 2.24) is 0 Å². The Labute approximate surface area is 111 Å². The lowest BCUT2D eigenvalue weighted by atomic mass is 9.84. The van der Waals surface area contributed by atoms with Gasteiger partial charge in [-0.05, 0) is 23.1 Å². The lowest BCUT2D eigenvalue weighted by Gasteiger charge is -2.19. The van der Waals surface area contributed by atoms with Gasteiger partial charge < -0.3 is 0 Å². The van der Waals surface area contributed by atoms with E-state index in [0.29, 0.717) is 6.42 Å². The van der Waals surface area contributed by atoms with Crippen LogP contribution >= 0.6 is 15.9 Å². The Morgan fingerprint density at radius 2 is 2.12 bits per heavy atom. The minimum absolute atomic E-state index is 0.0156. The highest BCUT2D eigenvalue weighted by atomic mass is 79.9. The van der Waals surface area contributed by atoms with Gasteiger partial charge in [0.15, 0.2) is 5.78 Å². The first-order valence-corrected chi connectivity index (χ1v) is 6.30. The van der Waals surface area contributed by atoms with Crippen molar-refractivity contribution in [2.24, 2.45) is 5.41 Å². The summed E-state index contributed by atoms with van der Waals surface area (Å²) in [6.07, 6.45) is 0.414. The number of nitriles is 1. The third kappa shape index (κ3) is 4.32. The van der Waals surface area contributed by atoms with Crippen LogP contribution in [0.2, 0.25) is 0 Å². The summed E-state index contributed by atoms with van der Waals surface area (Å²) in [6, 6.07) is 9.47. The minimum atomic E-state index is -0.660. The summed E-state index contributed by atoms with van der Waals surface area (Å²) in [5, 5.41) is 9.15. The zero-order chi connectivity index (χ0) is 13.1. The number of benzene rings is 1. The third-order valence-electron chi connectivity index (χ3n) is 2.34. The molecular formula is C14H16BrNO. The van der Waals surface area contributed by atoms with Crippen LogP contribution in [0.4, 0.5) is 0 Å². The summed E-state index contributed by atoms with van der Waals surface area (Å²) < 4.78 is 0.888. The molecule has 1 aromatic rings. The monoisotopic (exact) mass is 293 g/mol. The zero-order valence-electron chi connectivity index (χ0n) is 10.3. The van der Waals surface area contributed by atoms with Crippen molar-refractivity contribution < 1.29 is 4.79 Å². The molecular weight excluding hydrogens is 278 g/mol. The first-order valence-electron chi connectivity index (χ1n) is 5.51. The lowest BCUT2D eigenvalue weighted by Crippen LogP contribution is -2.18. The molecule has 0 fully saturated rings. The van der Waals surface area contributed by atoms with Crippen LogP contribution in [0.15, 0.2) is 28.7 Å². The number of Topliss-reactive ketones (excluding diaryl/α,β-unsaturated/α-hetero) is 1. The maximum Gasteiger partial charge on any atom is 0.154 e. The number of ketones is 1. The van der Waals surface area contributed by atoms with Gasteiger partial charge in [0.25, 0.3) is 0 Å². The summed E-state index contributed by atoms with van der Waals surface area (Å²) in [6.45, 7) is 6.00. The van der Waals surface area contributed by atoms with Gasteiger partial charge in [-0.2, -0.15) is 5.26 Å². The van der Waals surface area contributed by atoms with E-state index >= 15 is 0 Å². The molecule has 0 saturated carbocycles. The molecule has 0 aliphatic carbocycles. The fourth-order valence-electron chi connectivity index (χ4n) is 1.64. The van der Waals surface area contributed by atoms with Crippen molar-refractivity contribution in [2.75, 3.05) is 0 Å². The van der Waals surface area contributed by atoms with Crippen molar-refractivity contribution in [1.29, 1.82) is 5.26 Å². The average molecular weight is 294 g/mol. The fraction of sp³-hybridized carbons (Fsp3) is 0.429. The Kier molecular flexibility index (Phi) is 4.47. The molecule has 1 unspecified atom stereocenters. The van der Waals surface area contributed by atoms with E-state index < -0.39 is 5.92 Å². The van der Waals surface area contributed by atoms with Crippen LogP contribution in [0.1, 0.15) is 38.7 Å². The van der Waals surface area contributed by atoms with E-state index in [4.69, 9.17) is 5.26 Å². The van der Waals surface area contributed by atoms with E-state index in [9.17, 15) is 4.79 Å². The third-order valence-corrected chi connectivity index (χ3v) is 2.83. The smallest absolute Gasteiger partial charge is 0.154 e. The maximum atomic E-state index is 12.1. The molecule has 0 heterocycles. The minimum Gasteiger partial charge on any atom is -0.298 e. The predicted octanol–water partition coefficient (Wildman–Crippen LogP) is 4.06. The van der Waals surface area contributed by atoms with Gasteiger partial charge in [-0.3, -0.25) is 4.79 Å². The fourth-order valence-corrected chi connectivity index (χ4v) is 2.06. The average Bonchev–Trinajstić information content (AvgIpc) is 2.15. The second kappa shape index (κ2) is 5.46. The molecule has 0 aliphatic heterocycles. The highest BCUT2D eigenvalue weighted by Crippen LogP contribution is 2.27. The van der Waals surface area contributed by atoms with Crippen LogP contribution in [-0.4, -0.2) is 5.78 Å². The van der Waals surface area contributed by atoms with Crippen LogP contribution in [0.5, 0.6) is 0 Å². The molecule has 0 N–H and O–H groups in total. The van der Waals surface area contributed by atoms with Crippen LogP contribution in [-0.2, 0) is 4.79 Å². The second-order valence-electron chi connectivity index (χ2n) is 5.32. The lowest BCUT2D eigenvalue weighted by molar-refractivity contribution is -0.121. The molecule has 0 aromatic heterocycles. The van der Waals surface area contributed by atoms with Crippen molar-refractivity contribution in [2.45, 2.75) is 33.1 Å². The predicted molar refractivity (Wildman–Crippen MR) is 71.6 cm³/mol. The van der Waals surface area contributed by atoms with Crippen molar-refractivity contribution >= 4 is 21.7 Å². The van der Waals surface area contributed by atoms with Gasteiger partial charge in [0.2, 0.25) is 0 Å². The molecule has 1 aromatic carbocycles. The highest BCUT2D eigenvalue weighted by Gasteiger charge is 2.25. The van der Waals surface area contributed by atoms with Crippen LogP contribution in [0.3, 0.4) is 0 Å². The molecule has 0 saturated heterocycles. The van der Waals surface area contributed by atoms with Gasteiger partial charge in [0.05, 0.1) is 6.07 Å². The zero-order valence-corrected chi connectivity index (χ0v) is 11.9. The van der Waals surface area contributed by atoms with E-state index in [1.54, 1.807) is 0 Å². The van der Waals surface area contributed by atoms with Crippen LogP contribution in [0.25, 0.3) is 0 Å². The number of carbonyl (C=O) groups is 1. The normalized spacial score (nSPS) is 12.9. The summed E-state index contributed by atoms with van der Waals surface area (Å²) in [5.74, 6) is -0.676. The molecule has 2 nitrogen and oxygen atoms in total. The molecule has 1 rings (SSSR count). The molecule has 0 amide bonds. The number of rotatable bonds is 3. The Hall–Kier alpha value is -1.14. The first-order chi connectivity index (χ1) is 7.83. The second-order valence-corrected chi connectivity index (χ2v) is 6.24. The Morgan fingerprint density at radius 1 is 1.47 bits per heavy atom. The van der Waals surface area contributed by atoms with Crippen molar-refractivity contribution in [3.63, 3.8) is 0 Å². The van der Waals surface area contributed by atoms with Gasteiger partial charge in [-0.15, -0.1) is 0 Å². The standard InChI is InChI=1S/C14H16BrNO/c1-14(2,3)8-13(17)12(9-16)10-5-4-6-11(15)7-10/h4-7,12H,8H2,1-3H3. The molecule has 90 valence electrons. The largest absolute Gasteiger partial charge is 0.298 e. The number of nitrogens with zero attached hydrogens (tertiary/aromatic N) is 1. The maximum absolute atomic E-state index is 12.1. The Bertz CT molecular complexity index is 454. The quantitative estimate of drug-likeness (QED) is 0.843. The summed E-state index contributed by atoms with van der Waals surface area (Å²) >= 11 is 3.35. The number of carbonyl (C=O) groups excluding carboxylic acids is 1. The van der Waals surface area contributed by atoms with Gasteiger partial charge >= 0.3 is 0 Å². The topological polar surface area (TPSA) is 40.9 Å². The number of hydrogen-bond donors (Lipinski definition) is 0. The highest BCUT2D eigenvalue weighted by molar-refractivity contribution is 9.10. The van der Waals surface area contributed by atoms with Gasteiger partial charge in [-0.1, -0.05) is 48.8 Å². The first kappa shape index (κ1) is 13.9. The van der Waals surface area contributed by atoms with Crippen molar-refractivity contribution in [3.8, 4) is 6.07 Å². The number of halogens is 1. The van der Waals surface area contributed by atoms with E-state index in [1.165, 1.54) is 0 Å². The van der Waals surface area contributed by atoms with E-state index in [1.807, 2.05) is 45.0 Å². The van der Waals surface area contributed by atoms with Crippen LogP contribution in [0, 0.1) is 16.7 Å². The molecule has 17 heavy (non-hydrogen) atoms. The Balaban J connectivity index is 2.94. The molecule has 0 aliphatic rings.